The number of alkyl halides is 3. The van der Waals surface area contributed by atoms with E-state index in [1.165, 1.54) is 42.5 Å². The molecule has 32 heavy (non-hydrogen) atoms. The van der Waals surface area contributed by atoms with Crippen LogP contribution in [0.4, 0.5) is 22.4 Å². The smallest absolute Gasteiger partial charge is 0.354 e. The van der Waals surface area contributed by atoms with Gasteiger partial charge >= 0.3 is 6.18 Å². The minimum absolute atomic E-state index is 0.0164. The molecule has 3 amide bonds. The SMILES string of the molecule is O=C(CCc1ccc(C(F)(F)F)cc1)NCCN1C(=O)S/C(=C\c2ccc(F)cc2)C1=O. The van der Waals surface area contributed by atoms with Gasteiger partial charge in [-0.15, -0.1) is 0 Å². The van der Waals surface area contributed by atoms with Gasteiger partial charge in [0, 0.05) is 19.5 Å². The van der Waals surface area contributed by atoms with Crippen molar-refractivity contribution in [1.29, 1.82) is 0 Å². The Morgan fingerprint density at radius 3 is 2.31 bits per heavy atom. The molecule has 1 N–H and O–H groups in total. The molecule has 2 aromatic carbocycles. The lowest BCUT2D eigenvalue weighted by Crippen LogP contribution is -2.37. The first kappa shape index (κ1) is 23.5. The molecule has 1 fully saturated rings. The van der Waals surface area contributed by atoms with Crippen LogP contribution in [0.1, 0.15) is 23.1 Å². The number of amides is 3. The van der Waals surface area contributed by atoms with Gasteiger partial charge in [0.05, 0.1) is 10.5 Å². The minimum Gasteiger partial charge on any atom is -0.354 e. The van der Waals surface area contributed by atoms with E-state index >= 15 is 0 Å². The number of carbonyl (C=O) groups is 3. The van der Waals surface area contributed by atoms with Gasteiger partial charge in [-0.1, -0.05) is 24.3 Å². The molecule has 0 spiro atoms. The molecule has 0 saturated carbocycles. The maximum absolute atomic E-state index is 13.0. The Morgan fingerprint density at radius 2 is 1.69 bits per heavy atom. The van der Waals surface area contributed by atoms with E-state index in [1.807, 2.05) is 0 Å². The van der Waals surface area contributed by atoms with Gasteiger partial charge in [0.15, 0.2) is 0 Å². The van der Waals surface area contributed by atoms with E-state index in [4.69, 9.17) is 0 Å². The first-order valence-electron chi connectivity index (χ1n) is 9.57. The van der Waals surface area contributed by atoms with Crippen molar-refractivity contribution in [3.05, 3.63) is 75.9 Å². The Labute approximate surface area is 185 Å². The molecule has 0 aliphatic carbocycles. The van der Waals surface area contributed by atoms with Gasteiger partial charge in [-0.05, 0) is 59.7 Å². The van der Waals surface area contributed by atoms with Gasteiger partial charge in [-0.2, -0.15) is 13.2 Å². The van der Waals surface area contributed by atoms with Crippen LogP contribution in [0.2, 0.25) is 0 Å². The van der Waals surface area contributed by atoms with Crippen molar-refractivity contribution in [1.82, 2.24) is 10.2 Å². The molecule has 5 nitrogen and oxygen atoms in total. The fourth-order valence-electron chi connectivity index (χ4n) is 2.92. The number of thioether (sulfide) groups is 1. The maximum Gasteiger partial charge on any atom is 0.416 e. The lowest BCUT2D eigenvalue weighted by Gasteiger charge is -2.13. The number of rotatable bonds is 7. The number of hydrogen-bond acceptors (Lipinski definition) is 4. The number of imide groups is 1. The summed E-state index contributed by atoms with van der Waals surface area (Å²) in [6.07, 6.45) is -2.61. The van der Waals surface area contributed by atoms with E-state index in [-0.39, 0.29) is 36.7 Å². The second-order valence-electron chi connectivity index (χ2n) is 6.93. The highest BCUT2D eigenvalue weighted by Crippen LogP contribution is 2.32. The third-order valence-electron chi connectivity index (χ3n) is 4.62. The third-order valence-corrected chi connectivity index (χ3v) is 5.53. The van der Waals surface area contributed by atoms with Crippen LogP contribution in [0.5, 0.6) is 0 Å². The zero-order chi connectivity index (χ0) is 23.3. The summed E-state index contributed by atoms with van der Waals surface area (Å²) >= 11 is 0.762. The van der Waals surface area contributed by atoms with Crippen molar-refractivity contribution < 1.29 is 31.9 Å². The molecule has 1 aliphatic heterocycles. The summed E-state index contributed by atoms with van der Waals surface area (Å²) in [4.78, 5) is 37.7. The lowest BCUT2D eigenvalue weighted by atomic mass is 10.1. The number of nitrogens with zero attached hydrogens (tertiary/aromatic N) is 1. The molecule has 0 aromatic heterocycles. The fourth-order valence-corrected chi connectivity index (χ4v) is 3.78. The molecule has 1 heterocycles. The first-order valence-corrected chi connectivity index (χ1v) is 10.4. The van der Waals surface area contributed by atoms with Crippen molar-refractivity contribution >= 4 is 34.9 Å². The molecule has 0 atom stereocenters. The molecule has 1 saturated heterocycles. The quantitative estimate of drug-likeness (QED) is 0.477. The molecule has 0 unspecified atom stereocenters. The molecule has 2 aromatic rings. The summed E-state index contributed by atoms with van der Waals surface area (Å²) in [5, 5.41) is 2.12. The number of aryl methyl sites for hydroxylation is 1. The zero-order valence-corrected chi connectivity index (χ0v) is 17.4. The summed E-state index contributed by atoms with van der Waals surface area (Å²) in [6, 6.07) is 10.0. The molecule has 168 valence electrons. The Bertz CT molecular complexity index is 1030. The Morgan fingerprint density at radius 1 is 1.03 bits per heavy atom. The van der Waals surface area contributed by atoms with Crippen LogP contribution in [0.15, 0.2) is 53.4 Å². The Hall–Kier alpha value is -3.14. The van der Waals surface area contributed by atoms with Crippen LogP contribution >= 0.6 is 11.8 Å². The van der Waals surface area contributed by atoms with E-state index in [0.29, 0.717) is 11.1 Å². The second kappa shape index (κ2) is 9.99. The highest BCUT2D eigenvalue weighted by Gasteiger charge is 2.34. The largest absolute Gasteiger partial charge is 0.416 e. The van der Waals surface area contributed by atoms with Crippen molar-refractivity contribution in [2.24, 2.45) is 0 Å². The molecule has 1 aliphatic rings. The van der Waals surface area contributed by atoms with E-state index in [2.05, 4.69) is 5.32 Å². The van der Waals surface area contributed by atoms with Crippen molar-refractivity contribution in [3.8, 4) is 0 Å². The molecular weight excluding hydrogens is 448 g/mol. The van der Waals surface area contributed by atoms with Crippen molar-refractivity contribution in [2.45, 2.75) is 19.0 Å². The number of halogens is 4. The molecule has 3 rings (SSSR count). The maximum atomic E-state index is 13.0. The normalized spacial score (nSPS) is 15.5. The third kappa shape index (κ3) is 6.19. The summed E-state index contributed by atoms with van der Waals surface area (Å²) < 4.78 is 50.7. The number of benzene rings is 2. The lowest BCUT2D eigenvalue weighted by molar-refractivity contribution is -0.137. The topological polar surface area (TPSA) is 66.5 Å². The molecule has 0 radical (unpaired) electrons. The van der Waals surface area contributed by atoms with Crippen LogP contribution in [-0.2, 0) is 22.2 Å². The zero-order valence-electron chi connectivity index (χ0n) is 16.6. The fraction of sp³-hybridized carbons (Fsp3) is 0.227. The first-order chi connectivity index (χ1) is 15.1. The minimum atomic E-state index is -4.41. The second-order valence-corrected chi connectivity index (χ2v) is 7.92. The highest BCUT2D eigenvalue weighted by molar-refractivity contribution is 8.18. The Kier molecular flexibility index (Phi) is 7.34. The number of nitrogens with one attached hydrogen (secondary N) is 1. The van der Waals surface area contributed by atoms with E-state index < -0.39 is 28.7 Å². The van der Waals surface area contributed by atoms with E-state index in [9.17, 15) is 31.9 Å². The van der Waals surface area contributed by atoms with Gasteiger partial charge in [-0.3, -0.25) is 19.3 Å². The monoisotopic (exact) mass is 466 g/mol. The standard InChI is InChI=1S/C22H18F4N2O3S/c23-17-8-3-15(4-9-17)13-18-20(30)28(21(31)32-18)12-11-27-19(29)10-5-14-1-6-16(7-2-14)22(24,25)26/h1-4,6-9,13H,5,10-12H2,(H,27,29)/b18-13-. The molecule has 10 heteroatoms. The summed E-state index contributed by atoms with van der Waals surface area (Å²) in [6.45, 7) is 0.0329. The van der Waals surface area contributed by atoms with Gasteiger partial charge < -0.3 is 5.32 Å². The van der Waals surface area contributed by atoms with Crippen LogP contribution in [0.25, 0.3) is 6.08 Å². The van der Waals surface area contributed by atoms with Gasteiger partial charge in [-0.25, -0.2) is 4.39 Å². The highest BCUT2D eigenvalue weighted by atomic mass is 32.2. The van der Waals surface area contributed by atoms with Crippen LogP contribution in [0, 0.1) is 5.82 Å². The summed E-state index contributed by atoms with van der Waals surface area (Å²) in [7, 11) is 0. The van der Waals surface area contributed by atoms with Gasteiger partial charge in [0.25, 0.3) is 11.1 Å². The average Bonchev–Trinajstić information content (AvgIpc) is 3.01. The van der Waals surface area contributed by atoms with Crippen LogP contribution < -0.4 is 5.32 Å². The van der Waals surface area contributed by atoms with Gasteiger partial charge in [0.1, 0.15) is 5.82 Å². The predicted molar refractivity (Wildman–Crippen MR) is 112 cm³/mol. The molecular formula is C22H18F4N2O3S. The Balaban J connectivity index is 1.45. The van der Waals surface area contributed by atoms with E-state index in [1.54, 1.807) is 0 Å². The molecule has 0 bridgehead atoms. The van der Waals surface area contributed by atoms with Crippen LogP contribution in [0.3, 0.4) is 0 Å². The van der Waals surface area contributed by atoms with Gasteiger partial charge in [0.2, 0.25) is 5.91 Å². The average molecular weight is 466 g/mol. The van der Waals surface area contributed by atoms with Crippen molar-refractivity contribution in [3.63, 3.8) is 0 Å². The summed E-state index contributed by atoms with van der Waals surface area (Å²) in [5.74, 6) is -1.26. The summed E-state index contributed by atoms with van der Waals surface area (Å²) in [5.41, 5.74) is 0.412. The number of carbonyl (C=O) groups excluding carboxylic acids is 3. The van der Waals surface area contributed by atoms with Crippen molar-refractivity contribution in [2.75, 3.05) is 13.1 Å². The number of hydrogen-bond donors (Lipinski definition) is 1. The van der Waals surface area contributed by atoms with E-state index in [0.717, 1.165) is 28.8 Å². The predicted octanol–water partition coefficient (Wildman–Crippen LogP) is 4.63. The van der Waals surface area contributed by atoms with Crippen LogP contribution in [-0.4, -0.2) is 35.0 Å².